The molecule has 0 spiro atoms. The van der Waals surface area contributed by atoms with Crippen LogP contribution in [0.4, 0.5) is 0 Å². The van der Waals surface area contributed by atoms with Gasteiger partial charge in [0.05, 0.1) is 0 Å². The van der Waals surface area contributed by atoms with E-state index in [9.17, 15) is 8.42 Å². The minimum atomic E-state index is -3.34. The van der Waals surface area contributed by atoms with Crippen molar-refractivity contribution in [3.05, 3.63) is 0 Å². The van der Waals surface area contributed by atoms with Gasteiger partial charge < -0.3 is 13.3 Å². The quantitative estimate of drug-likeness (QED) is 0.449. The third kappa shape index (κ3) is 1.76. The van der Waals surface area contributed by atoms with Gasteiger partial charge >= 0.3 is 7.95 Å². The van der Waals surface area contributed by atoms with Crippen LogP contribution in [0.2, 0.25) is 0 Å². The fraction of sp³-hybridized carbons (Fsp3) is 1.00. The molecule has 0 aliphatic rings. The summed E-state index contributed by atoms with van der Waals surface area (Å²) >= 11 is 0. The molecule has 0 rings (SSSR count). The Morgan fingerprint density at radius 2 is 1.30 bits per heavy atom. The van der Waals surface area contributed by atoms with Crippen molar-refractivity contribution >= 4 is 18.1 Å². The molecule has 0 aliphatic carbocycles. The summed E-state index contributed by atoms with van der Waals surface area (Å²) in [6.45, 7) is 0. The van der Waals surface area contributed by atoms with E-state index < -0.39 is 18.1 Å². The predicted octanol–water partition coefficient (Wildman–Crippen LogP) is -1.03. The lowest BCUT2D eigenvalue weighted by molar-refractivity contribution is 0.149. The van der Waals surface area contributed by atoms with E-state index in [0.29, 0.717) is 0 Å². The van der Waals surface area contributed by atoms with E-state index in [2.05, 4.69) is 13.3 Å². The number of hydrogen-bond acceptors (Lipinski definition) is 5. The molecule has 0 unspecified atom stereocenters. The first-order chi connectivity index (χ1) is 4.63. The van der Waals surface area contributed by atoms with Crippen molar-refractivity contribution in [2.45, 2.75) is 0 Å². The van der Waals surface area contributed by atoms with Gasteiger partial charge in [0.1, 0.15) is 0 Å². The van der Waals surface area contributed by atoms with Crippen LogP contribution >= 0.6 is 0 Å². The van der Waals surface area contributed by atoms with E-state index in [1.54, 1.807) is 0 Å². The SMILES string of the molecule is CO[Si](OC)(OC)[SH](=O)=O. The van der Waals surface area contributed by atoms with Gasteiger partial charge in [-0.05, 0) is 0 Å². The van der Waals surface area contributed by atoms with Crippen LogP contribution in [-0.2, 0) is 23.4 Å². The van der Waals surface area contributed by atoms with Crippen LogP contribution in [0.3, 0.4) is 0 Å². The molecule has 0 aromatic rings. The molecule has 0 bridgehead atoms. The van der Waals surface area contributed by atoms with Crippen molar-refractivity contribution in [2.24, 2.45) is 0 Å². The molecule has 0 amide bonds. The molecule has 0 saturated carbocycles. The molecule has 0 aromatic carbocycles. The Labute approximate surface area is 61.9 Å². The first-order valence-electron chi connectivity index (χ1n) is 2.43. The summed E-state index contributed by atoms with van der Waals surface area (Å²) in [6.07, 6.45) is 0. The van der Waals surface area contributed by atoms with Crippen molar-refractivity contribution < 1.29 is 21.7 Å². The first kappa shape index (κ1) is 10.0. The van der Waals surface area contributed by atoms with Crippen molar-refractivity contribution in [1.29, 1.82) is 0 Å². The Morgan fingerprint density at radius 1 is 1.00 bits per heavy atom. The van der Waals surface area contributed by atoms with Gasteiger partial charge in [0.25, 0.3) is 0 Å². The highest BCUT2D eigenvalue weighted by molar-refractivity contribution is 8.04. The van der Waals surface area contributed by atoms with Gasteiger partial charge in [0.2, 0.25) is 10.2 Å². The van der Waals surface area contributed by atoms with Gasteiger partial charge in [0.15, 0.2) is 0 Å². The first-order valence-corrected chi connectivity index (χ1v) is 6.17. The fourth-order valence-corrected chi connectivity index (χ4v) is 2.76. The molecule has 0 atom stereocenters. The van der Waals surface area contributed by atoms with Crippen molar-refractivity contribution in [2.75, 3.05) is 21.3 Å². The van der Waals surface area contributed by atoms with Gasteiger partial charge in [-0.1, -0.05) is 0 Å². The second kappa shape index (κ2) is 4.04. The molecule has 0 aromatic heterocycles. The Bertz CT molecular complexity index is 146. The molecule has 0 radical (unpaired) electrons. The number of rotatable bonds is 4. The van der Waals surface area contributed by atoms with Crippen LogP contribution in [0.1, 0.15) is 0 Å². The normalized spacial score (nSPS) is 12.4. The fourth-order valence-electron chi connectivity index (χ4n) is 0.474. The van der Waals surface area contributed by atoms with Crippen LogP contribution < -0.4 is 0 Å². The maximum Gasteiger partial charge on any atom is 0.631 e. The minimum Gasteiger partial charge on any atom is -0.366 e. The average Bonchev–Trinajstić information content (AvgIpc) is 1.92. The second-order valence-corrected chi connectivity index (χ2v) is 6.92. The van der Waals surface area contributed by atoms with E-state index in [4.69, 9.17) is 0 Å². The summed E-state index contributed by atoms with van der Waals surface area (Å²) < 4.78 is 34.7. The summed E-state index contributed by atoms with van der Waals surface area (Å²) in [5.74, 6) is 0. The topological polar surface area (TPSA) is 61.8 Å². The molecule has 0 fully saturated rings. The second-order valence-electron chi connectivity index (χ2n) is 1.39. The molecule has 0 aliphatic heterocycles. The summed E-state index contributed by atoms with van der Waals surface area (Å²) in [5.41, 5.74) is 0. The summed E-state index contributed by atoms with van der Waals surface area (Å²) in [7, 11) is -2.40. The summed E-state index contributed by atoms with van der Waals surface area (Å²) in [6, 6.07) is 0. The van der Waals surface area contributed by atoms with Crippen LogP contribution in [0.25, 0.3) is 0 Å². The van der Waals surface area contributed by atoms with Crippen molar-refractivity contribution in [1.82, 2.24) is 0 Å². The van der Waals surface area contributed by atoms with Crippen LogP contribution in [0.5, 0.6) is 0 Å². The largest absolute Gasteiger partial charge is 0.631 e. The molecule has 62 valence electrons. The van der Waals surface area contributed by atoms with Gasteiger partial charge in [-0.3, -0.25) is 0 Å². The third-order valence-corrected chi connectivity index (χ3v) is 5.98. The van der Waals surface area contributed by atoms with Gasteiger partial charge in [-0.15, -0.1) is 0 Å². The Hall–Kier alpha value is 0.0469. The molecular formula is C3H10O5SSi. The van der Waals surface area contributed by atoms with E-state index >= 15 is 0 Å². The highest BCUT2D eigenvalue weighted by Gasteiger charge is 2.43. The van der Waals surface area contributed by atoms with E-state index in [0.717, 1.165) is 0 Å². The zero-order valence-corrected chi connectivity index (χ0v) is 7.88. The van der Waals surface area contributed by atoms with Gasteiger partial charge in [-0.2, -0.15) is 0 Å². The number of thiol groups is 1. The maximum atomic E-state index is 10.4. The van der Waals surface area contributed by atoms with E-state index in [1.807, 2.05) is 0 Å². The lowest BCUT2D eigenvalue weighted by atomic mass is 11.8. The van der Waals surface area contributed by atoms with Gasteiger partial charge in [0, 0.05) is 21.3 Å². The highest BCUT2D eigenvalue weighted by Crippen LogP contribution is 2.04. The van der Waals surface area contributed by atoms with Crippen molar-refractivity contribution in [3.8, 4) is 0 Å². The summed E-state index contributed by atoms with van der Waals surface area (Å²) in [5, 5.41) is 0. The third-order valence-electron chi connectivity index (χ3n) is 0.997. The molecular weight excluding hydrogens is 176 g/mol. The summed E-state index contributed by atoms with van der Waals surface area (Å²) in [4.78, 5) is 0. The molecule has 5 nitrogen and oxygen atoms in total. The smallest absolute Gasteiger partial charge is 0.366 e. The molecule has 7 heteroatoms. The zero-order valence-electron chi connectivity index (χ0n) is 5.99. The molecule has 0 N–H and O–H groups in total. The Balaban J connectivity index is 4.47. The van der Waals surface area contributed by atoms with Crippen molar-refractivity contribution in [3.63, 3.8) is 0 Å². The predicted molar refractivity (Wildman–Crippen MR) is 37.1 cm³/mol. The van der Waals surface area contributed by atoms with E-state index in [-0.39, 0.29) is 0 Å². The standard InChI is InChI=1S/C3H10O5SSi/c1-6-10(7-2,8-3)9(4)5/h9H,1-3H3. The monoisotopic (exact) mass is 186 g/mol. The molecule has 0 heterocycles. The van der Waals surface area contributed by atoms with E-state index in [1.165, 1.54) is 21.3 Å². The lowest BCUT2D eigenvalue weighted by Crippen LogP contribution is -2.44. The molecule has 10 heavy (non-hydrogen) atoms. The average molecular weight is 186 g/mol. The van der Waals surface area contributed by atoms with Crippen LogP contribution in [0, 0.1) is 0 Å². The minimum absolute atomic E-state index is 1.24. The lowest BCUT2D eigenvalue weighted by Gasteiger charge is -2.16. The van der Waals surface area contributed by atoms with Gasteiger partial charge in [-0.25, -0.2) is 8.42 Å². The molecule has 0 saturated heterocycles. The zero-order chi connectivity index (χ0) is 8.20. The Kier molecular flexibility index (Phi) is 4.06. The Morgan fingerprint density at radius 3 is 1.30 bits per heavy atom. The van der Waals surface area contributed by atoms with Crippen LogP contribution in [-0.4, -0.2) is 37.7 Å². The number of hydrogen-bond donors (Lipinski definition) is 1. The maximum absolute atomic E-state index is 10.4. The highest BCUT2D eigenvalue weighted by atomic mass is 32.4. The van der Waals surface area contributed by atoms with Crippen LogP contribution in [0.15, 0.2) is 0 Å².